The van der Waals surface area contributed by atoms with Gasteiger partial charge in [-0.3, -0.25) is 9.59 Å². The molecule has 0 spiro atoms. The third-order valence-corrected chi connectivity index (χ3v) is 4.00. The number of carbonyl (C=O) groups is 1. The SMILES string of the molecule is COc1ccc(/C(C)=N/NC(=O)c2nn(C)c(=O)c3ccccc23)cc1. The molecular weight excluding hydrogens is 332 g/mol. The quantitative estimate of drug-likeness (QED) is 0.577. The minimum atomic E-state index is -0.482. The van der Waals surface area contributed by atoms with Crippen molar-refractivity contribution in [2.45, 2.75) is 6.92 Å². The number of amides is 1. The van der Waals surface area contributed by atoms with Crippen LogP contribution in [-0.2, 0) is 7.05 Å². The molecular formula is C19H18N4O3. The lowest BCUT2D eigenvalue weighted by Gasteiger charge is -2.07. The van der Waals surface area contributed by atoms with Gasteiger partial charge in [-0.25, -0.2) is 10.1 Å². The minimum Gasteiger partial charge on any atom is -0.497 e. The molecule has 0 aliphatic carbocycles. The molecule has 0 radical (unpaired) electrons. The summed E-state index contributed by atoms with van der Waals surface area (Å²) < 4.78 is 6.27. The third kappa shape index (κ3) is 3.32. The van der Waals surface area contributed by atoms with Gasteiger partial charge in [-0.2, -0.15) is 10.2 Å². The van der Waals surface area contributed by atoms with Crippen LogP contribution < -0.4 is 15.7 Å². The molecule has 7 nitrogen and oxygen atoms in total. The molecule has 0 fully saturated rings. The van der Waals surface area contributed by atoms with E-state index in [-0.39, 0.29) is 11.3 Å². The fourth-order valence-corrected chi connectivity index (χ4v) is 2.55. The maximum absolute atomic E-state index is 12.5. The highest BCUT2D eigenvalue weighted by atomic mass is 16.5. The third-order valence-electron chi connectivity index (χ3n) is 4.00. The van der Waals surface area contributed by atoms with Crippen LogP contribution in [0.4, 0.5) is 0 Å². The van der Waals surface area contributed by atoms with Crippen LogP contribution in [0.2, 0.25) is 0 Å². The molecule has 0 aliphatic rings. The van der Waals surface area contributed by atoms with Crippen molar-refractivity contribution in [3.63, 3.8) is 0 Å². The first kappa shape index (κ1) is 17.3. The van der Waals surface area contributed by atoms with Gasteiger partial charge in [0.25, 0.3) is 11.5 Å². The van der Waals surface area contributed by atoms with Crippen LogP contribution in [0.1, 0.15) is 23.0 Å². The van der Waals surface area contributed by atoms with Crippen LogP contribution in [0.3, 0.4) is 0 Å². The molecule has 26 heavy (non-hydrogen) atoms. The molecule has 0 aliphatic heterocycles. The summed E-state index contributed by atoms with van der Waals surface area (Å²) in [5.41, 5.74) is 3.88. The molecule has 2 aromatic carbocycles. The van der Waals surface area contributed by atoms with Gasteiger partial charge in [0, 0.05) is 12.4 Å². The predicted octanol–water partition coefficient (Wildman–Crippen LogP) is 2.10. The van der Waals surface area contributed by atoms with Gasteiger partial charge in [0.2, 0.25) is 0 Å². The number of carbonyl (C=O) groups excluding carboxylic acids is 1. The van der Waals surface area contributed by atoms with Crippen molar-refractivity contribution in [1.82, 2.24) is 15.2 Å². The molecule has 132 valence electrons. The molecule has 0 atom stereocenters. The van der Waals surface area contributed by atoms with Gasteiger partial charge in [0.1, 0.15) is 5.75 Å². The summed E-state index contributed by atoms with van der Waals surface area (Å²) in [6, 6.07) is 14.2. The van der Waals surface area contributed by atoms with E-state index in [1.54, 1.807) is 38.3 Å². The number of nitrogens with zero attached hydrogens (tertiary/aromatic N) is 3. The average Bonchev–Trinajstić information content (AvgIpc) is 2.68. The van der Waals surface area contributed by atoms with Crippen LogP contribution in [0.5, 0.6) is 5.75 Å². The van der Waals surface area contributed by atoms with Crippen LogP contribution >= 0.6 is 0 Å². The normalized spacial score (nSPS) is 11.4. The summed E-state index contributed by atoms with van der Waals surface area (Å²) in [5, 5.41) is 9.14. The number of nitrogens with one attached hydrogen (secondary N) is 1. The maximum Gasteiger partial charge on any atom is 0.292 e. The topological polar surface area (TPSA) is 85.6 Å². The van der Waals surface area contributed by atoms with E-state index in [4.69, 9.17) is 4.74 Å². The van der Waals surface area contributed by atoms with Crippen LogP contribution in [0.25, 0.3) is 10.8 Å². The zero-order valence-electron chi connectivity index (χ0n) is 14.7. The Kier molecular flexibility index (Phi) is 4.79. The Morgan fingerprint density at radius 3 is 2.42 bits per heavy atom. The summed E-state index contributed by atoms with van der Waals surface area (Å²) in [4.78, 5) is 24.7. The van der Waals surface area contributed by atoms with Crippen LogP contribution in [0, 0.1) is 0 Å². The number of hydrogen-bond donors (Lipinski definition) is 1. The van der Waals surface area contributed by atoms with Crippen molar-refractivity contribution in [3.8, 4) is 5.75 Å². The number of ether oxygens (including phenoxy) is 1. The van der Waals surface area contributed by atoms with E-state index in [2.05, 4.69) is 15.6 Å². The number of hydrazone groups is 1. The Morgan fingerprint density at radius 1 is 1.12 bits per heavy atom. The first-order chi connectivity index (χ1) is 12.5. The molecule has 3 rings (SSSR count). The first-order valence-corrected chi connectivity index (χ1v) is 7.96. The zero-order valence-corrected chi connectivity index (χ0v) is 14.7. The molecule has 7 heteroatoms. The fourth-order valence-electron chi connectivity index (χ4n) is 2.55. The van der Waals surface area contributed by atoms with Gasteiger partial charge in [-0.1, -0.05) is 18.2 Å². The highest BCUT2D eigenvalue weighted by molar-refractivity contribution is 6.06. The van der Waals surface area contributed by atoms with Gasteiger partial charge in [0.15, 0.2) is 5.69 Å². The van der Waals surface area contributed by atoms with E-state index in [0.717, 1.165) is 16.0 Å². The molecule has 1 aromatic heterocycles. The van der Waals surface area contributed by atoms with Crippen molar-refractivity contribution >= 4 is 22.4 Å². The number of aromatic nitrogens is 2. The number of methoxy groups -OCH3 is 1. The van der Waals surface area contributed by atoms with Crippen LogP contribution in [0.15, 0.2) is 58.4 Å². The number of benzene rings is 2. The Balaban J connectivity index is 1.89. The van der Waals surface area contributed by atoms with Gasteiger partial charge in [-0.15, -0.1) is 0 Å². The standard InChI is InChI=1S/C19H18N4O3/c1-12(13-8-10-14(26-3)11-9-13)20-21-18(24)17-15-6-4-5-7-16(15)19(25)23(2)22-17/h4-11H,1-3H3,(H,21,24)/b20-12+. The molecule has 1 heterocycles. The summed E-state index contributed by atoms with van der Waals surface area (Å²) in [6.07, 6.45) is 0. The molecule has 0 bridgehead atoms. The summed E-state index contributed by atoms with van der Waals surface area (Å²) in [6.45, 7) is 1.79. The van der Waals surface area contributed by atoms with Crippen LogP contribution in [-0.4, -0.2) is 28.5 Å². The van der Waals surface area contributed by atoms with Crippen molar-refractivity contribution in [1.29, 1.82) is 0 Å². The molecule has 0 saturated heterocycles. The average molecular weight is 350 g/mol. The van der Waals surface area contributed by atoms with Crippen molar-refractivity contribution in [2.75, 3.05) is 7.11 Å². The maximum atomic E-state index is 12.5. The second kappa shape index (κ2) is 7.18. The Labute approximate surface area is 149 Å². The summed E-state index contributed by atoms with van der Waals surface area (Å²) >= 11 is 0. The molecule has 1 amide bonds. The fraction of sp³-hybridized carbons (Fsp3) is 0.158. The van der Waals surface area contributed by atoms with Gasteiger partial charge >= 0.3 is 0 Å². The van der Waals surface area contributed by atoms with E-state index in [0.29, 0.717) is 16.5 Å². The van der Waals surface area contributed by atoms with Crippen molar-refractivity contribution in [3.05, 3.63) is 70.1 Å². The van der Waals surface area contributed by atoms with Gasteiger partial charge in [-0.05, 0) is 42.8 Å². The number of aryl methyl sites for hydroxylation is 1. The molecule has 0 saturated carbocycles. The lowest BCUT2D eigenvalue weighted by Crippen LogP contribution is -2.27. The Hall–Kier alpha value is -3.48. The van der Waals surface area contributed by atoms with E-state index in [9.17, 15) is 9.59 Å². The smallest absolute Gasteiger partial charge is 0.292 e. The van der Waals surface area contributed by atoms with Gasteiger partial charge < -0.3 is 4.74 Å². The highest BCUT2D eigenvalue weighted by Crippen LogP contribution is 2.14. The van der Waals surface area contributed by atoms with Crippen molar-refractivity contribution < 1.29 is 9.53 Å². The zero-order chi connectivity index (χ0) is 18.7. The lowest BCUT2D eigenvalue weighted by atomic mass is 10.1. The number of fused-ring (bicyclic) bond motifs is 1. The largest absolute Gasteiger partial charge is 0.497 e. The van der Waals surface area contributed by atoms with E-state index in [1.807, 2.05) is 24.3 Å². The lowest BCUT2D eigenvalue weighted by molar-refractivity contribution is 0.0949. The Morgan fingerprint density at radius 2 is 1.77 bits per heavy atom. The molecule has 1 N–H and O–H groups in total. The second-order valence-corrected chi connectivity index (χ2v) is 5.69. The minimum absolute atomic E-state index is 0.147. The second-order valence-electron chi connectivity index (χ2n) is 5.69. The van der Waals surface area contributed by atoms with E-state index < -0.39 is 5.91 Å². The first-order valence-electron chi connectivity index (χ1n) is 7.96. The number of rotatable bonds is 4. The van der Waals surface area contributed by atoms with Crippen molar-refractivity contribution in [2.24, 2.45) is 12.1 Å². The molecule has 0 unspecified atom stereocenters. The van der Waals surface area contributed by atoms with Gasteiger partial charge in [0.05, 0.1) is 18.2 Å². The summed E-state index contributed by atoms with van der Waals surface area (Å²) in [5.74, 6) is 0.260. The van der Waals surface area contributed by atoms with E-state index in [1.165, 1.54) is 7.05 Å². The monoisotopic (exact) mass is 350 g/mol. The summed E-state index contributed by atoms with van der Waals surface area (Å²) in [7, 11) is 3.11. The highest BCUT2D eigenvalue weighted by Gasteiger charge is 2.15. The molecule has 3 aromatic rings. The van der Waals surface area contributed by atoms with E-state index >= 15 is 0 Å². The Bertz CT molecular complexity index is 1050. The predicted molar refractivity (Wildman–Crippen MR) is 99.7 cm³/mol. The number of hydrogen-bond acceptors (Lipinski definition) is 5.